The number of benzene rings is 2. The van der Waals surface area contributed by atoms with Crippen molar-refractivity contribution in [2.45, 2.75) is 56.3 Å². The maximum atomic E-state index is 13.6. The predicted molar refractivity (Wildman–Crippen MR) is 155 cm³/mol. The number of anilines is 1. The van der Waals surface area contributed by atoms with E-state index < -0.39 is 27.7 Å². The third-order valence-corrected chi connectivity index (χ3v) is 10.2. The zero-order valence-electron chi connectivity index (χ0n) is 23.8. The van der Waals surface area contributed by atoms with Gasteiger partial charge in [0.25, 0.3) is 0 Å². The molecule has 1 amide bonds. The molecule has 3 aliphatic rings. The quantitative estimate of drug-likeness (QED) is 0.359. The maximum absolute atomic E-state index is 13.6. The predicted octanol–water partition coefficient (Wildman–Crippen LogP) is 5.59. The summed E-state index contributed by atoms with van der Waals surface area (Å²) in [4.78, 5) is 20.4. The van der Waals surface area contributed by atoms with Crippen molar-refractivity contribution in [2.75, 3.05) is 29.5 Å². The summed E-state index contributed by atoms with van der Waals surface area (Å²) in [6, 6.07) is 14.9. The lowest BCUT2D eigenvalue weighted by atomic mass is 9.76. The number of halogens is 3. The molecular formula is C31H31F3N4O5S. The number of nitriles is 1. The average molecular weight is 629 g/mol. The van der Waals surface area contributed by atoms with Crippen LogP contribution in [0.5, 0.6) is 5.75 Å². The number of para-hydroxylation sites is 1. The van der Waals surface area contributed by atoms with Crippen molar-refractivity contribution in [3.05, 3.63) is 54.3 Å². The molecule has 0 bridgehead atoms. The highest BCUT2D eigenvalue weighted by molar-refractivity contribution is 7.91. The summed E-state index contributed by atoms with van der Waals surface area (Å²) in [7, 11) is -3.13. The van der Waals surface area contributed by atoms with Gasteiger partial charge in [-0.15, -0.1) is 13.2 Å². The van der Waals surface area contributed by atoms with Crippen LogP contribution in [-0.2, 0) is 14.6 Å². The van der Waals surface area contributed by atoms with Crippen LogP contribution in [0.3, 0.4) is 0 Å². The third-order valence-electron chi connectivity index (χ3n) is 8.60. The summed E-state index contributed by atoms with van der Waals surface area (Å²) in [5.74, 6) is -0.720. The Morgan fingerprint density at radius 2 is 1.75 bits per heavy atom. The lowest BCUT2D eigenvalue weighted by molar-refractivity contribution is -0.274. The van der Waals surface area contributed by atoms with E-state index in [0.717, 1.165) is 18.5 Å². The summed E-state index contributed by atoms with van der Waals surface area (Å²) in [5, 5.41) is 12.5. The van der Waals surface area contributed by atoms with E-state index in [1.54, 1.807) is 0 Å². The summed E-state index contributed by atoms with van der Waals surface area (Å²) >= 11 is 0. The Morgan fingerprint density at radius 3 is 2.41 bits per heavy atom. The molecule has 1 saturated heterocycles. The minimum atomic E-state index is -4.83. The lowest BCUT2D eigenvalue weighted by Gasteiger charge is -2.32. The van der Waals surface area contributed by atoms with Crippen molar-refractivity contribution in [3.63, 3.8) is 0 Å². The van der Waals surface area contributed by atoms with Crippen molar-refractivity contribution in [1.82, 2.24) is 10.3 Å². The highest BCUT2D eigenvalue weighted by Gasteiger charge is 2.47. The van der Waals surface area contributed by atoms with Gasteiger partial charge in [0, 0.05) is 41.7 Å². The third kappa shape index (κ3) is 6.40. The molecule has 44 heavy (non-hydrogen) atoms. The Balaban J connectivity index is 1.41. The van der Waals surface area contributed by atoms with Crippen LogP contribution >= 0.6 is 0 Å². The zero-order valence-corrected chi connectivity index (χ0v) is 24.6. The van der Waals surface area contributed by atoms with E-state index in [1.165, 1.54) is 24.3 Å². The first kappa shape index (κ1) is 30.0. The highest BCUT2D eigenvalue weighted by atomic mass is 32.2. The van der Waals surface area contributed by atoms with Gasteiger partial charge in [-0.1, -0.05) is 31.0 Å². The Morgan fingerprint density at radius 1 is 1.07 bits per heavy atom. The molecule has 3 aromatic rings. The Bertz CT molecular complexity index is 1680. The minimum absolute atomic E-state index is 0.0239. The number of aromatic nitrogens is 1. The molecule has 2 saturated carbocycles. The van der Waals surface area contributed by atoms with Crippen LogP contribution in [0, 0.1) is 17.2 Å². The van der Waals surface area contributed by atoms with Gasteiger partial charge in [-0.2, -0.15) is 5.26 Å². The molecule has 0 spiro atoms. The molecule has 6 rings (SSSR count). The van der Waals surface area contributed by atoms with E-state index in [2.05, 4.69) is 16.1 Å². The first-order valence-corrected chi connectivity index (χ1v) is 16.4. The van der Waals surface area contributed by atoms with Gasteiger partial charge in [-0.3, -0.25) is 4.79 Å². The number of alkyl halides is 3. The number of sulfone groups is 1. The van der Waals surface area contributed by atoms with E-state index in [4.69, 9.17) is 9.40 Å². The van der Waals surface area contributed by atoms with E-state index >= 15 is 0 Å². The molecule has 13 heteroatoms. The number of oxazole rings is 1. The van der Waals surface area contributed by atoms with Gasteiger partial charge >= 0.3 is 6.36 Å². The molecule has 2 aliphatic carbocycles. The molecule has 1 aromatic heterocycles. The maximum Gasteiger partial charge on any atom is 0.573 e. The number of rotatable bonds is 7. The largest absolute Gasteiger partial charge is 0.573 e. The topological polar surface area (TPSA) is 126 Å². The Kier molecular flexibility index (Phi) is 7.82. The van der Waals surface area contributed by atoms with Gasteiger partial charge in [0.15, 0.2) is 9.84 Å². The fourth-order valence-corrected chi connectivity index (χ4v) is 7.28. The van der Waals surface area contributed by atoms with Crippen LogP contribution in [0.1, 0.15) is 50.2 Å². The van der Waals surface area contributed by atoms with Crippen molar-refractivity contribution in [2.24, 2.45) is 5.92 Å². The number of nitrogens with zero attached hydrogens (tertiary/aromatic N) is 3. The van der Waals surface area contributed by atoms with Crippen LogP contribution in [0.4, 0.5) is 18.9 Å². The van der Waals surface area contributed by atoms with Gasteiger partial charge < -0.3 is 19.4 Å². The van der Waals surface area contributed by atoms with Gasteiger partial charge in [0.2, 0.25) is 11.8 Å². The Labute approximate surface area is 252 Å². The van der Waals surface area contributed by atoms with E-state index in [0.29, 0.717) is 61.4 Å². The normalized spacial score (nSPS) is 22.5. The first-order valence-electron chi connectivity index (χ1n) is 14.6. The molecule has 2 aromatic carbocycles. The number of nitrogens with one attached hydrogen (secondary N) is 1. The van der Waals surface area contributed by atoms with E-state index in [1.807, 2.05) is 29.2 Å². The fraction of sp³-hybridized carbons (Fsp3) is 0.452. The summed E-state index contributed by atoms with van der Waals surface area (Å²) < 4.78 is 72.9. The van der Waals surface area contributed by atoms with Crippen LogP contribution < -0.4 is 15.0 Å². The smallest absolute Gasteiger partial charge is 0.440 e. The highest BCUT2D eigenvalue weighted by Crippen LogP contribution is 2.46. The summed E-state index contributed by atoms with van der Waals surface area (Å²) in [6.45, 7) is 0.621. The van der Waals surface area contributed by atoms with Crippen molar-refractivity contribution < 1.29 is 35.5 Å². The van der Waals surface area contributed by atoms with Crippen molar-refractivity contribution in [3.8, 4) is 34.5 Å². The van der Waals surface area contributed by atoms with Crippen LogP contribution in [-0.4, -0.2) is 55.8 Å². The molecule has 3 fully saturated rings. The Hall–Kier alpha value is -4.05. The second-order valence-corrected chi connectivity index (χ2v) is 13.9. The van der Waals surface area contributed by atoms with Crippen LogP contribution in [0.25, 0.3) is 22.7 Å². The second-order valence-electron chi connectivity index (χ2n) is 11.6. The van der Waals surface area contributed by atoms with E-state index in [9.17, 15) is 31.6 Å². The SMILES string of the molecule is N#CC1(NC(=O)[C@@H]2CCCC[C@H]2c2oc(-c3ccc(OC(F)(F)F)cc3)nc2-c2ccccc2N2CCS(=O)(=O)CC2)CC1. The van der Waals surface area contributed by atoms with Crippen molar-refractivity contribution in [1.29, 1.82) is 5.26 Å². The molecule has 232 valence electrons. The van der Waals surface area contributed by atoms with E-state index in [-0.39, 0.29) is 35.0 Å². The molecule has 1 N–H and O–H groups in total. The second kappa shape index (κ2) is 11.5. The first-order chi connectivity index (χ1) is 21.0. The number of hydrogen-bond acceptors (Lipinski definition) is 8. The molecule has 9 nitrogen and oxygen atoms in total. The number of ether oxygens (including phenoxy) is 1. The lowest BCUT2D eigenvalue weighted by Crippen LogP contribution is -2.42. The van der Waals surface area contributed by atoms with Crippen LogP contribution in [0.2, 0.25) is 0 Å². The standard InChI is InChI=1S/C31H31F3N4O5S/c32-31(33,34)43-21-11-9-20(10-12-21)29-36-26(24-7-3-4-8-25(24)38-15-17-44(40,41)18-16-38)27(42-29)22-5-1-2-6-23(22)28(39)37-30(19-35)13-14-30/h3-4,7-12,22-23H,1-2,5-6,13-18H2,(H,37,39)/t22-,23-/m1/s1. The number of carbonyl (C=O) groups excluding carboxylic acids is 1. The van der Waals surface area contributed by atoms with Gasteiger partial charge in [0.1, 0.15) is 22.7 Å². The zero-order chi connectivity index (χ0) is 31.1. The van der Waals surface area contributed by atoms with Gasteiger partial charge in [-0.05, 0) is 56.0 Å². The molecular weight excluding hydrogens is 597 g/mol. The van der Waals surface area contributed by atoms with Gasteiger partial charge in [-0.25, -0.2) is 13.4 Å². The van der Waals surface area contributed by atoms with Crippen molar-refractivity contribution >= 4 is 21.4 Å². The van der Waals surface area contributed by atoms with Gasteiger partial charge in [0.05, 0.1) is 17.6 Å². The molecule has 2 heterocycles. The molecule has 2 atom stereocenters. The molecule has 0 radical (unpaired) electrons. The summed E-state index contributed by atoms with van der Waals surface area (Å²) in [5.41, 5.74) is 1.57. The average Bonchev–Trinajstić information content (AvgIpc) is 3.63. The number of carbonyl (C=O) groups is 1. The molecule has 1 aliphatic heterocycles. The molecule has 0 unspecified atom stereocenters. The summed E-state index contributed by atoms with van der Waals surface area (Å²) in [6.07, 6.45) is -0.686. The van der Waals surface area contributed by atoms with Crippen LogP contribution in [0.15, 0.2) is 52.9 Å². The number of hydrogen-bond donors (Lipinski definition) is 1. The fourth-order valence-electron chi connectivity index (χ4n) is 6.08. The minimum Gasteiger partial charge on any atom is -0.440 e. The monoisotopic (exact) mass is 628 g/mol. The number of amides is 1.